The highest BCUT2D eigenvalue weighted by atomic mass is 35.5. The maximum atomic E-state index is 13.1. The molecule has 0 aliphatic rings. The Balaban J connectivity index is 2.19. The molecular weight excluding hydrogens is 229 g/mol. The molecule has 2 nitrogen and oxygen atoms in total. The fraction of sp³-hybridized carbons (Fsp3) is 0.500. The minimum atomic E-state index is -0.396. The predicted octanol–water partition coefficient (Wildman–Crippen LogP) is 3.44. The van der Waals surface area contributed by atoms with Crippen molar-refractivity contribution in [2.24, 2.45) is 0 Å². The second-order valence-corrected chi connectivity index (χ2v) is 4.10. The van der Waals surface area contributed by atoms with Gasteiger partial charge in [-0.2, -0.15) is 0 Å². The zero-order chi connectivity index (χ0) is 11.8. The number of aliphatic hydroxyl groups excluding tert-OH is 1. The van der Waals surface area contributed by atoms with Gasteiger partial charge in [-0.05, 0) is 31.0 Å². The smallest absolute Gasteiger partial charge is 0.143 e. The van der Waals surface area contributed by atoms with E-state index < -0.39 is 5.82 Å². The van der Waals surface area contributed by atoms with E-state index in [0.717, 1.165) is 37.9 Å². The van der Waals surface area contributed by atoms with Gasteiger partial charge in [0.25, 0.3) is 0 Å². The second-order valence-electron chi connectivity index (χ2n) is 3.69. The first-order valence-electron chi connectivity index (χ1n) is 5.54. The molecule has 0 aliphatic heterocycles. The summed E-state index contributed by atoms with van der Waals surface area (Å²) in [6.07, 6.45) is 3.98. The van der Waals surface area contributed by atoms with E-state index in [0.29, 0.717) is 0 Å². The number of aliphatic hydroxyl groups is 1. The monoisotopic (exact) mass is 245 g/mol. The van der Waals surface area contributed by atoms with Crippen LogP contribution in [-0.4, -0.2) is 18.3 Å². The van der Waals surface area contributed by atoms with Crippen LogP contribution in [0.1, 0.15) is 25.7 Å². The Morgan fingerprint density at radius 2 is 1.94 bits per heavy atom. The normalized spacial score (nSPS) is 10.4. The lowest BCUT2D eigenvalue weighted by molar-refractivity contribution is 0.283. The van der Waals surface area contributed by atoms with E-state index in [4.69, 9.17) is 16.7 Å². The van der Waals surface area contributed by atoms with Crippen molar-refractivity contribution >= 4 is 17.3 Å². The van der Waals surface area contributed by atoms with Crippen molar-refractivity contribution in [3.05, 3.63) is 29.0 Å². The molecular formula is C12H17ClFNO. The molecule has 0 aliphatic carbocycles. The van der Waals surface area contributed by atoms with E-state index in [1.165, 1.54) is 6.07 Å². The van der Waals surface area contributed by atoms with Gasteiger partial charge in [0, 0.05) is 18.8 Å². The number of anilines is 1. The molecule has 0 radical (unpaired) electrons. The van der Waals surface area contributed by atoms with Crippen molar-refractivity contribution in [2.75, 3.05) is 18.5 Å². The highest BCUT2D eigenvalue weighted by molar-refractivity contribution is 6.30. The van der Waals surface area contributed by atoms with Gasteiger partial charge in [0.2, 0.25) is 0 Å². The highest BCUT2D eigenvalue weighted by Gasteiger charge is 1.99. The molecule has 0 amide bonds. The van der Waals surface area contributed by atoms with Gasteiger partial charge < -0.3 is 10.4 Å². The first-order chi connectivity index (χ1) is 7.74. The molecule has 0 fully saturated rings. The van der Waals surface area contributed by atoms with E-state index in [-0.39, 0.29) is 11.6 Å². The highest BCUT2D eigenvalue weighted by Crippen LogP contribution is 2.18. The van der Waals surface area contributed by atoms with Crippen LogP contribution in [0, 0.1) is 5.82 Å². The number of hydrogen-bond acceptors (Lipinski definition) is 2. The van der Waals surface area contributed by atoms with Crippen LogP contribution in [0.2, 0.25) is 5.02 Å². The SMILES string of the molecule is OCCCCCCNc1ccc(Cl)c(F)c1. The predicted molar refractivity (Wildman–Crippen MR) is 65.5 cm³/mol. The maximum absolute atomic E-state index is 13.1. The Kier molecular flexibility index (Phi) is 6.19. The third-order valence-corrected chi connectivity index (χ3v) is 2.64. The Morgan fingerprint density at radius 1 is 1.19 bits per heavy atom. The summed E-state index contributed by atoms with van der Waals surface area (Å²) in [5, 5.41) is 11.9. The number of rotatable bonds is 7. The van der Waals surface area contributed by atoms with Crippen LogP contribution in [0.3, 0.4) is 0 Å². The minimum Gasteiger partial charge on any atom is -0.396 e. The molecule has 0 heterocycles. The molecule has 0 saturated heterocycles. The van der Waals surface area contributed by atoms with Gasteiger partial charge in [-0.25, -0.2) is 4.39 Å². The molecule has 2 N–H and O–H groups in total. The molecule has 0 atom stereocenters. The standard InChI is InChI=1S/C12H17ClFNO/c13-11-6-5-10(9-12(11)14)15-7-3-1-2-4-8-16/h5-6,9,15-16H,1-4,7-8H2. The van der Waals surface area contributed by atoms with E-state index in [1.807, 2.05) is 0 Å². The summed E-state index contributed by atoms with van der Waals surface area (Å²) in [6.45, 7) is 1.07. The molecule has 0 aromatic heterocycles. The van der Waals surface area contributed by atoms with E-state index in [1.54, 1.807) is 12.1 Å². The fourth-order valence-electron chi connectivity index (χ4n) is 1.43. The molecule has 90 valence electrons. The molecule has 1 aromatic rings. The topological polar surface area (TPSA) is 32.3 Å². The van der Waals surface area contributed by atoms with Crippen LogP contribution in [0.15, 0.2) is 18.2 Å². The summed E-state index contributed by atoms with van der Waals surface area (Å²) < 4.78 is 13.1. The zero-order valence-electron chi connectivity index (χ0n) is 9.18. The van der Waals surface area contributed by atoms with Crippen LogP contribution in [-0.2, 0) is 0 Å². The molecule has 1 aromatic carbocycles. The average Bonchev–Trinajstić information content (AvgIpc) is 2.28. The van der Waals surface area contributed by atoms with Crippen molar-refractivity contribution in [1.82, 2.24) is 0 Å². The Labute approximate surface area is 100 Å². The third kappa shape index (κ3) is 4.81. The van der Waals surface area contributed by atoms with E-state index in [9.17, 15) is 4.39 Å². The van der Waals surface area contributed by atoms with E-state index >= 15 is 0 Å². The quantitative estimate of drug-likeness (QED) is 0.722. The van der Waals surface area contributed by atoms with Gasteiger partial charge in [0.15, 0.2) is 0 Å². The van der Waals surface area contributed by atoms with Crippen molar-refractivity contribution < 1.29 is 9.50 Å². The zero-order valence-corrected chi connectivity index (χ0v) is 9.93. The lowest BCUT2D eigenvalue weighted by Gasteiger charge is -2.06. The molecule has 0 saturated carbocycles. The van der Waals surface area contributed by atoms with Crippen molar-refractivity contribution in [2.45, 2.75) is 25.7 Å². The first-order valence-corrected chi connectivity index (χ1v) is 5.91. The maximum Gasteiger partial charge on any atom is 0.143 e. The molecule has 0 bridgehead atoms. The summed E-state index contributed by atoms with van der Waals surface area (Å²) in [5.41, 5.74) is 0.754. The molecule has 0 spiro atoms. The average molecular weight is 246 g/mol. The van der Waals surface area contributed by atoms with Gasteiger partial charge in [0.1, 0.15) is 5.82 Å². The number of hydrogen-bond donors (Lipinski definition) is 2. The minimum absolute atomic E-state index is 0.147. The van der Waals surface area contributed by atoms with Crippen molar-refractivity contribution in [3.63, 3.8) is 0 Å². The molecule has 4 heteroatoms. The molecule has 0 unspecified atom stereocenters. The molecule has 16 heavy (non-hydrogen) atoms. The summed E-state index contributed by atoms with van der Waals surface area (Å²) in [6, 6.07) is 4.71. The largest absolute Gasteiger partial charge is 0.396 e. The second kappa shape index (κ2) is 7.47. The third-order valence-electron chi connectivity index (χ3n) is 2.33. The summed E-state index contributed by atoms with van der Waals surface area (Å²) >= 11 is 5.57. The number of nitrogens with one attached hydrogen (secondary N) is 1. The Bertz CT molecular complexity index is 320. The Hall–Kier alpha value is -0.800. The van der Waals surface area contributed by atoms with Crippen molar-refractivity contribution in [1.29, 1.82) is 0 Å². The first kappa shape index (κ1) is 13.3. The lowest BCUT2D eigenvalue weighted by atomic mass is 10.2. The van der Waals surface area contributed by atoms with Gasteiger partial charge in [-0.1, -0.05) is 24.4 Å². The summed E-state index contributed by atoms with van der Waals surface area (Å²) in [7, 11) is 0. The van der Waals surface area contributed by atoms with Crippen LogP contribution in [0.5, 0.6) is 0 Å². The lowest BCUT2D eigenvalue weighted by Crippen LogP contribution is -2.01. The van der Waals surface area contributed by atoms with Crippen LogP contribution >= 0.6 is 11.6 Å². The number of unbranched alkanes of at least 4 members (excludes halogenated alkanes) is 3. The number of benzene rings is 1. The van der Waals surface area contributed by atoms with Gasteiger partial charge in [-0.15, -0.1) is 0 Å². The van der Waals surface area contributed by atoms with E-state index in [2.05, 4.69) is 5.32 Å². The fourth-order valence-corrected chi connectivity index (χ4v) is 1.55. The van der Waals surface area contributed by atoms with Gasteiger partial charge >= 0.3 is 0 Å². The van der Waals surface area contributed by atoms with Gasteiger partial charge in [0.05, 0.1) is 5.02 Å². The Morgan fingerprint density at radius 3 is 2.62 bits per heavy atom. The summed E-state index contributed by atoms with van der Waals surface area (Å²) in [4.78, 5) is 0. The molecule has 1 rings (SSSR count). The van der Waals surface area contributed by atoms with Crippen molar-refractivity contribution in [3.8, 4) is 0 Å². The van der Waals surface area contributed by atoms with Gasteiger partial charge in [-0.3, -0.25) is 0 Å². The van der Waals surface area contributed by atoms with Crippen LogP contribution < -0.4 is 5.32 Å². The number of halogens is 2. The summed E-state index contributed by atoms with van der Waals surface area (Å²) in [5.74, 6) is -0.396. The van der Waals surface area contributed by atoms with Crippen LogP contribution in [0.25, 0.3) is 0 Å². The van der Waals surface area contributed by atoms with Crippen LogP contribution in [0.4, 0.5) is 10.1 Å².